The SMILES string of the molecule is Cn1c(N2CCCCS2(=O)=O)nc(C(=O)NCC(c2ccccc2)c2ccccc2)c(O)c1=O. The number of sulfonamides is 1. The van der Waals surface area contributed by atoms with E-state index in [0.29, 0.717) is 12.8 Å². The van der Waals surface area contributed by atoms with Crippen molar-refractivity contribution in [3.63, 3.8) is 0 Å². The van der Waals surface area contributed by atoms with Crippen LogP contribution in [0.4, 0.5) is 5.95 Å². The first-order valence-corrected chi connectivity index (χ1v) is 12.6. The van der Waals surface area contributed by atoms with Gasteiger partial charge < -0.3 is 10.4 Å². The van der Waals surface area contributed by atoms with E-state index >= 15 is 0 Å². The Balaban J connectivity index is 1.65. The second kappa shape index (κ2) is 9.68. The minimum atomic E-state index is -3.67. The predicted molar refractivity (Wildman–Crippen MR) is 129 cm³/mol. The van der Waals surface area contributed by atoms with E-state index in [1.165, 1.54) is 7.05 Å². The summed E-state index contributed by atoms with van der Waals surface area (Å²) < 4.78 is 27.1. The van der Waals surface area contributed by atoms with E-state index in [0.717, 1.165) is 20.0 Å². The minimum absolute atomic E-state index is 0.0683. The number of benzene rings is 2. The third-order valence-electron chi connectivity index (χ3n) is 5.90. The first-order valence-electron chi connectivity index (χ1n) is 11.0. The third-order valence-corrected chi connectivity index (χ3v) is 7.72. The zero-order valence-corrected chi connectivity index (χ0v) is 19.5. The molecule has 10 heteroatoms. The number of amides is 1. The summed E-state index contributed by atoms with van der Waals surface area (Å²) in [6.45, 7) is 0.332. The molecular weight excluding hydrogens is 456 g/mol. The van der Waals surface area contributed by atoms with Gasteiger partial charge in [-0.2, -0.15) is 0 Å². The second-order valence-corrected chi connectivity index (χ2v) is 10.2. The highest BCUT2D eigenvalue weighted by Gasteiger charge is 2.31. The van der Waals surface area contributed by atoms with Crippen LogP contribution in [-0.4, -0.2) is 47.8 Å². The number of nitrogens with one attached hydrogen (secondary N) is 1. The zero-order chi connectivity index (χ0) is 24.3. The highest BCUT2D eigenvalue weighted by atomic mass is 32.2. The fraction of sp³-hybridized carbons (Fsp3) is 0.292. The van der Waals surface area contributed by atoms with Crippen LogP contribution in [0.5, 0.6) is 5.75 Å². The van der Waals surface area contributed by atoms with E-state index in [-0.39, 0.29) is 30.7 Å². The molecular formula is C24H26N4O5S. The summed E-state index contributed by atoms with van der Waals surface area (Å²) in [4.78, 5) is 29.8. The summed E-state index contributed by atoms with van der Waals surface area (Å²) in [5, 5.41) is 13.1. The van der Waals surface area contributed by atoms with Crippen molar-refractivity contribution in [2.24, 2.45) is 7.05 Å². The maximum absolute atomic E-state index is 13.0. The molecule has 1 aliphatic rings. The molecule has 1 aliphatic heterocycles. The Hall–Kier alpha value is -3.66. The molecule has 2 N–H and O–H groups in total. The molecule has 0 spiro atoms. The number of aromatic hydroxyl groups is 1. The van der Waals surface area contributed by atoms with E-state index in [2.05, 4.69) is 10.3 Å². The van der Waals surface area contributed by atoms with Gasteiger partial charge in [0.25, 0.3) is 11.5 Å². The van der Waals surface area contributed by atoms with E-state index in [1.54, 1.807) is 0 Å². The molecule has 4 rings (SSSR count). The van der Waals surface area contributed by atoms with E-state index in [4.69, 9.17) is 0 Å². The molecule has 2 aromatic carbocycles. The first kappa shape index (κ1) is 23.5. The van der Waals surface area contributed by atoms with Crippen molar-refractivity contribution < 1.29 is 18.3 Å². The van der Waals surface area contributed by atoms with Crippen LogP contribution in [0.1, 0.15) is 40.4 Å². The molecule has 0 aliphatic carbocycles. The molecule has 0 saturated carbocycles. The number of hydrogen-bond acceptors (Lipinski definition) is 6. The summed E-state index contributed by atoms with van der Waals surface area (Å²) in [6.07, 6.45) is 1.12. The van der Waals surface area contributed by atoms with Crippen molar-refractivity contribution in [2.75, 3.05) is 23.1 Å². The van der Waals surface area contributed by atoms with Crippen LogP contribution in [0.25, 0.3) is 0 Å². The Morgan fingerprint density at radius 1 is 1.06 bits per heavy atom. The fourth-order valence-electron chi connectivity index (χ4n) is 4.05. The van der Waals surface area contributed by atoms with Crippen LogP contribution in [-0.2, 0) is 17.1 Å². The zero-order valence-electron chi connectivity index (χ0n) is 18.7. The quantitative estimate of drug-likeness (QED) is 0.554. The molecule has 9 nitrogen and oxygen atoms in total. The lowest BCUT2D eigenvalue weighted by atomic mass is 9.91. The smallest absolute Gasteiger partial charge is 0.297 e. The molecule has 0 radical (unpaired) electrons. The number of carbonyl (C=O) groups is 1. The Morgan fingerprint density at radius 2 is 1.65 bits per heavy atom. The summed E-state index contributed by atoms with van der Waals surface area (Å²) >= 11 is 0. The van der Waals surface area contributed by atoms with Gasteiger partial charge in [0.2, 0.25) is 21.7 Å². The molecule has 0 bridgehead atoms. The van der Waals surface area contributed by atoms with E-state index in [1.807, 2.05) is 60.7 Å². The molecule has 0 unspecified atom stereocenters. The second-order valence-electron chi connectivity index (χ2n) is 8.15. The summed E-state index contributed by atoms with van der Waals surface area (Å²) in [5.74, 6) is -2.02. The fourth-order valence-corrected chi connectivity index (χ4v) is 5.66. The van der Waals surface area contributed by atoms with Gasteiger partial charge in [-0.15, -0.1) is 0 Å². The molecule has 1 fully saturated rings. The third kappa shape index (κ3) is 4.67. The minimum Gasteiger partial charge on any atom is -0.501 e. The van der Waals surface area contributed by atoms with Gasteiger partial charge in [-0.3, -0.25) is 14.2 Å². The van der Waals surface area contributed by atoms with Crippen molar-refractivity contribution in [3.8, 4) is 5.75 Å². The van der Waals surface area contributed by atoms with Crippen LogP contribution in [0, 0.1) is 0 Å². The van der Waals surface area contributed by atoms with Gasteiger partial charge in [0.05, 0.1) is 5.75 Å². The Bertz CT molecular complexity index is 1300. The topological polar surface area (TPSA) is 122 Å². The van der Waals surface area contributed by atoms with Crippen LogP contribution in [0.15, 0.2) is 65.5 Å². The average Bonchev–Trinajstić information content (AvgIpc) is 2.84. The predicted octanol–water partition coefficient (Wildman–Crippen LogP) is 1.98. The normalized spacial score (nSPS) is 15.3. The molecule has 1 amide bonds. The van der Waals surface area contributed by atoms with Crippen molar-refractivity contribution in [1.82, 2.24) is 14.9 Å². The Labute approximate surface area is 197 Å². The number of carbonyl (C=O) groups excluding carboxylic acids is 1. The van der Waals surface area contributed by atoms with Crippen molar-refractivity contribution in [3.05, 3.63) is 87.8 Å². The largest absolute Gasteiger partial charge is 0.501 e. The van der Waals surface area contributed by atoms with E-state index < -0.39 is 32.9 Å². The van der Waals surface area contributed by atoms with Crippen LogP contribution >= 0.6 is 0 Å². The number of hydrogen-bond donors (Lipinski definition) is 2. The lowest BCUT2D eigenvalue weighted by molar-refractivity contribution is 0.0944. The maximum Gasteiger partial charge on any atom is 0.297 e. The van der Waals surface area contributed by atoms with E-state index in [9.17, 15) is 23.1 Å². The molecule has 1 saturated heterocycles. The number of nitrogens with zero attached hydrogens (tertiary/aromatic N) is 3. The van der Waals surface area contributed by atoms with Gasteiger partial charge in [0.1, 0.15) is 0 Å². The van der Waals surface area contributed by atoms with Crippen LogP contribution in [0.2, 0.25) is 0 Å². The van der Waals surface area contributed by atoms with Gasteiger partial charge in [0.15, 0.2) is 5.69 Å². The molecule has 3 aromatic rings. The monoisotopic (exact) mass is 482 g/mol. The highest BCUT2D eigenvalue weighted by Crippen LogP contribution is 2.25. The van der Waals surface area contributed by atoms with Gasteiger partial charge in [-0.25, -0.2) is 17.7 Å². The maximum atomic E-state index is 13.0. The lowest BCUT2D eigenvalue weighted by Gasteiger charge is -2.28. The molecule has 34 heavy (non-hydrogen) atoms. The number of rotatable bonds is 6. The summed E-state index contributed by atoms with van der Waals surface area (Å²) in [5.41, 5.74) is 0.572. The van der Waals surface area contributed by atoms with Crippen molar-refractivity contribution >= 4 is 21.9 Å². The number of anilines is 1. The standard InChI is InChI=1S/C24H26N4O5S/c1-27-23(31)21(29)20(26-24(27)28-14-8-9-15-34(28,32)33)22(30)25-16-19(17-10-4-2-5-11-17)18-12-6-3-7-13-18/h2-7,10-13,19,29H,8-9,14-16H2,1H3,(H,25,30). The van der Waals surface area contributed by atoms with Crippen molar-refractivity contribution in [1.29, 1.82) is 0 Å². The average molecular weight is 483 g/mol. The van der Waals surface area contributed by atoms with Crippen LogP contribution in [0.3, 0.4) is 0 Å². The Kier molecular flexibility index (Phi) is 6.69. The number of aromatic nitrogens is 2. The Morgan fingerprint density at radius 3 is 2.21 bits per heavy atom. The van der Waals surface area contributed by atoms with Gasteiger partial charge >= 0.3 is 0 Å². The molecule has 178 valence electrons. The molecule has 1 aromatic heterocycles. The van der Waals surface area contributed by atoms with Crippen molar-refractivity contribution in [2.45, 2.75) is 18.8 Å². The highest BCUT2D eigenvalue weighted by molar-refractivity contribution is 7.92. The lowest BCUT2D eigenvalue weighted by Crippen LogP contribution is -2.42. The first-order chi connectivity index (χ1) is 16.3. The van der Waals surface area contributed by atoms with Gasteiger partial charge in [0, 0.05) is 26.1 Å². The van der Waals surface area contributed by atoms with Gasteiger partial charge in [-0.05, 0) is 24.0 Å². The molecule has 2 heterocycles. The van der Waals surface area contributed by atoms with Gasteiger partial charge in [-0.1, -0.05) is 60.7 Å². The summed E-state index contributed by atoms with van der Waals surface area (Å²) in [6, 6.07) is 19.3. The molecule has 0 atom stereocenters. The summed E-state index contributed by atoms with van der Waals surface area (Å²) in [7, 11) is -2.35. The van der Waals surface area contributed by atoms with Crippen LogP contribution < -0.4 is 15.2 Å².